The highest BCUT2D eigenvalue weighted by atomic mass is 16.1. The first-order valence-corrected chi connectivity index (χ1v) is 11.2. The highest BCUT2D eigenvalue weighted by Crippen LogP contribution is 2.20. The summed E-state index contributed by atoms with van der Waals surface area (Å²) in [5.41, 5.74) is 2.18. The van der Waals surface area contributed by atoms with E-state index in [0.717, 1.165) is 30.2 Å². The van der Waals surface area contributed by atoms with Gasteiger partial charge in [0.15, 0.2) is 0 Å². The molecule has 3 heteroatoms. The number of nitrogens with one attached hydrogen (secondary N) is 1. The van der Waals surface area contributed by atoms with Crippen LogP contribution in [-0.2, 0) is 6.54 Å². The second-order valence-corrected chi connectivity index (χ2v) is 8.08. The molecule has 158 valence electrons. The van der Waals surface area contributed by atoms with E-state index in [1.807, 2.05) is 18.2 Å². The molecule has 0 amide bonds. The maximum atomic E-state index is 10.0. The molecule has 3 nitrogen and oxygen atoms in total. The highest BCUT2D eigenvalue weighted by molar-refractivity contribution is 5.74. The van der Waals surface area contributed by atoms with Crippen LogP contribution in [0.1, 0.15) is 55.5 Å². The lowest BCUT2D eigenvalue weighted by Crippen LogP contribution is -2.19. The monoisotopic (exact) mass is 394 g/mol. The van der Waals surface area contributed by atoms with E-state index < -0.39 is 0 Å². The Morgan fingerprint density at radius 3 is 2.03 bits per heavy atom. The van der Waals surface area contributed by atoms with Gasteiger partial charge in [0.1, 0.15) is 6.29 Å². The van der Waals surface area contributed by atoms with E-state index in [-0.39, 0.29) is 0 Å². The van der Waals surface area contributed by atoms with E-state index in [0.29, 0.717) is 0 Å². The molecular formula is C26H38N2O. The second kappa shape index (κ2) is 14.1. The summed E-state index contributed by atoms with van der Waals surface area (Å²) in [5.74, 6) is 1.93. The molecule has 0 unspecified atom stereocenters. The fraction of sp³-hybridized carbons (Fsp3) is 0.500. The molecular weight excluding hydrogens is 356 g/mol. The largest absolute Gasteiger partial charge is 0.316 e. The molecule has 0 spiro atoms. The van der Waals surface area contributed by atoms with Crippen molar-refractivity contribution >= 4 is 6.29 Å². The summed E-state index contributed by atoms with van der Waals surface area (Å²) in [5, 5.41) is 3.32. The fourth-order valence-corrected chi connectivity index (χ4v) is 3.83. The van der Waals surface area contributed by atoms with E-state index in [1.165, 1.54) is 57.4 Å². The molecule has 1 N–H and O–H groups in total. The van der Waals surface area contributed by atoms with Crippen molar-refractivity contribution in [3.63, 3.8) is 0 Å². The van der Waals surface area contributed by atoms with Crippen molar-refractivity contribution in [1.29, 1.82) is 0 Å². The van der Waals surface area contributed by atoms with Crippen molar-refractivity contribution in [2.75, 3.05) is 26.2 Å². The summed E-state index contributed by atoms with van der Waals surface area (Å²) in [4.78, 5) is 12.6. The van der Waals surface area contributed by atoms with Gasteiger partial charge >= 0.3 is 0 Å². The van der Waals surface area contributed by atoms with Gasteiger partial charge in [-0.1, -0.05) is 87.4 Å². The average molecular weight is 395 g/mol. The molecule has 2 fully saturated rings. The number of rotatable bonds is 5. The van der Waals surface area contributed by atoms with Gasteiger partial charge in [-0.25, -0.2) is 0 Å². The number of nitrogens with zero attached hydrogens (tertiary/aromatic N) is 1. The van der Waals surface area contributed by atoms with E-state index in [2.05, 4.69) is 54.4 Å². The van der Waals surface area contributed by atoms with Crippen LogP contribution >= 0.6 is 0 Å². The fourth-order valence-electron chi connectivity index (χ4n) is 3.83. The lowest BCUT2D eigenvalue weighted by molar-refractivity contribution is 0.112. The number of aldehydes is 1. The van der Waals surface area contributed by atoms with E-state index >= 15 is 0 Å². The van der Waals surface area contributed by atoms with Crippen LogP contribution in [0, 0.1) is 11.8 Å². The highest BCUT2D eigenvalue weighted by Gasteiger charge is 2.20. The van der Waals surface area contributed by atoms with Gasteiger partial charge in [-0.2, -0.15) is 0 Å². The Kier molecular flexibility index (Phi) is 11.3. The molecule has 2 aliphatic heterocycles. The van der Waals surface area contributed by atoms with Crippen molar-refractivity contribution in [2.24, 2.45) is 11.8 Å². The van der Waals surface area contributed by atoms with Crippen LogP contribution in [-0.4, -0.2) is 37.4 Å². The molecule has 0 radical (unpaired) electrons. The number of carbonyl (C=O) groups is 1. The Bertz CT molecular complexity index is 653. The number of carbonyl (C=O) groups excluding carboxylic acids is 1. The van der Waals surface area contributed by atoms with Crippen molar-refractivity contribution in [1.82, 2.24) is 10.2 Å². The van der Waals surface area contributed by atoms with Crippen molar-refractivity contribution in [3.8, 4) is 0 Å². The van der Waals surface area contributed by atoms with Gasteiger partial charge in [0.2, 0.25) is 0 Å². The number of hydrogen-bond acceptors (Lipinski definition) is 3. The first kappa shape index (κ1) is 23.3. The third-order valence-electron chi connectivity index (χ3n) is 5.87. The van der Waals surface area contributed by atoms with Gasteiger partial charge < -0.3 is 5.32 Å². The third kappa shape index (κ3) is 9.38. The zero-order valence-corrected chi connectivity index (χ0v) is 18.2. The summed E-state index contributed by atoms with van der Waals surface area (Å²) in [7, 11) is 0. The number of likely N-dealkylation sites (tertiary alicyclic amines) is 1. The average Bonchev–Trinajstić information content (AvgIpc) is 3.48. The number of benzene rings is 2. The van der Waals surface area contributed by atoms with Crippen LogP contribution in [0.15, 0.2) is 60.7 Å². The molecule has 0 aliphatic carbocycles. The first-order valence-electron chi connectivity index (χ1n) is 11.2. The SMILES string of the molecule is CC[C@@H]1CCN(Cc2ccccc2)C1.CC[C@@H]1CCNC1.O=Cc1ccccc1. The normalized spacial score (nSPS) is 20.9. The predicted molar refractivity (Wildman–Crippen MR) is 123 cm³/mol. The molecule has 29 heavy (non-hydrogen) atoms. The Hall–Kier alpha value is -1.97. The third-order valence-corrected chi connectivity index (χ3v) is 5.87. The lowest BCUT2D eigenvalue weighted by atomic mass is 10.1. The van der Waals surface area contributed by atoms with Crippen LogP contribution in [0.25, 0.3) is 0 Å². The maximum Gasteiger partial charge on any atom is 0.150 e. The van der Waals surface area contributed by atoms with E-state index in [4.69, 9.17) is 0 Å². The van der Waals surface area contributed by atoms with E-state index in [1.54, 1.807) is 12.1 Å². The molecule has 0 saturated carbocycles. The van der Waals surface area contributed by atoms with Crippen molar-refractivity contribution in [3.05, 3.63) is 71.8 Å². The van der Waals surface area contributed by atoms with Crippen LogP contribution in [0.3, 0.4) is 0 Å². The summed E-state index contributed by atoms with van der Waals surface area (Å²) >= 11 is 0. The smallest absolute Gasteiger partial charge is 0.150 e. The van der Waals surface area contributed by atoms with Gasteiger partial charge in [0, 0.05) is 18.7 Å². The Morgan fingerprint density at radius 1 is 0.931 bits per heavy atom. The molecule has 2 aromatic carbocycles. The van der Waals surface area contributed by atoms with E-state index in [9.17, 15) is 4.79 Å². The van der Waals surface area contributed by atoms with Crippen molar-refractivity contribution in [2.45, 2.75) is 46.1 Å². The van der Waals surface area contributed by atoms with Crippen LogP contribution in [0.5, 0.6) is 0 Å². The summed E-state index contributed by atoms with van der Waals surface area (Å²) in [6.45, 7) is 10.8. The molecule has 2 saturated heterocycles. The van der Waals surface area contributed by atoms with Gasteiger partial charge in [-0.15, -0.1) is 0 Å². The minimum absolute atomic E-state index is 0.729. The Balaban J connectivity index is 0.000000170. The predicted octanol–water partition coefficient (Wildman–Crippen LogP) is 5.42. The summed E-state index contributed by atoms with van der Waals surface area (Å²) in [6, 6.07) is 19.9. The maximum absolute atomic E-state index is 10.0. The Morgan fingerprint density at radius 2 is 1.59 bits per heavy atom. The molecule has 4 rings (SSSR count). The van der Waals surface area contributed by atoms with Gasteiger partial charge in [-0.3, -0.25) is 9.69 Å². The lowest BCUT2D eigenvalue weighted by Gasteiger charge is -2.15. The van der Waals surface area contributed by atoms with Gasteiger partial charge in [-0.05, 0) is 49.9 Å². The minimum atomic E-state index is 0.729. The molecule has 2 atom stereocenters. The first-order chi connectivity index (χ1) is 14.2. The second-order valence-electron chi connectivity index (χ2n) is 8.08. The van der Waals surface area contributed by atoms with Gasteiger partial charge in [0.25, 0.3) is 0 Å². The quantitative estimate of drug-likeness (QED) is 0.687. The molecule has 0 aromatic heterocycles. The van der Waals surface area contributed by atoms with Crippen LogP contribution < -0.4 is 5.32 Å². The Labute approximate surface area is 177 Å². The van der Waals surface area contributed by atoms with Gasteiger partial charge in [0.05, 0.1) is 0 Å². The standard InChI is InChI=1S/C13H19N.C7H6O.C6H13N/c1-2-12-8-9-14(10-12)11-13-6-4-3-5-7-13;8-6-7-4-2-1-3-5-7;1-2-6-3-4-7-5-6/h3-7,12H,2,8-11H2,1H3;1-6H;6-7H,2-5H2,1H3/t12-;;6-/m1.1/s1. The van der Waals surface area contributed by atoms with Crippen LogP contribution in [0.2, 0.25) is 0 Å². The van der Waals surface area contributed by atoms with Crippen LogP contribution in [0.4, 0.5) is 0 Å². The zero-order chi connectivity index (χ0) is 20.7. The molecule has 2 aromatic rings. The molecule has 2 aliphatic rings. The summed E-state index contributed by atoms with van der Waals surface area (Å²) in [6.07, 6.45) is 6.32. The minimum Gasteiger partial charge on any atom is -0.316 e. The zero-order valence-electron chi connectivity index (χ0n) is 18.2. The van der Waals surface area contributed by atoms with Crippen molar-refractivity contribution < 1.29 is 4.79 Å². The summed E-state index contributed by atoms with van der Waals surface area (Å²) < 4.78 is 0. The molecule has 0 bridgehead atoms. The molecule has 2 heterocycles. The topological polar surface area (TPSA) is 32.3 Å². The number of hydrogen-bond donors (Lipinski definition) is 1.